The second kappa shape index (κ2) is 10.5. The van der Waals surface area contributed by atoms with Gasteiger partial charge in [0.2, 0.25) is 0 Å². The second-order valence-corrected chi connectivity index (χ2v) is 8.74. The molecule has 0 atom stereocenters. The van der Waals surface area contributed by atoms with Crippen LogP contribution in [0.4, 0.5) is 16.2 Å². The maximum atomic E-state index is 12.7. The van der Waals surface area contributed by atoms with Crippen LogP contribution in [-0.2, 0) is 27.1 Å². The number of imide groups is 1. The van der Waals surface area contributed by atoms with E-state index in [9.17, 15) is 19.2 Å². The van der Waals surface area contributed by atoms with Crippen LogP contribution in [0.5, 0.6) is 0 Å². The van der Waals surface area contributed by atoms with Crippen LogP contribution in [0.15, 0.2) is 40.6 Å². The lowest BCUT2D eigenvalue weighted by Crippen LogP contribution is -2.32. The van der Waals surface area contributed by atoms with Crippen LogP contribution in [0, 0.1) is 0 Å². The molecule has 184 valence electrons. The molecule has 2 aromatic carbocycles. The zero-order valence-corrected chi connectivity index (χ0v) is 20.3. The van der Waals surface area contributed by atoms with Crippen molar-refractivity contribution in [3.8, 4) is 0 Å². The van der Waals surface area contributed by atoms with E-state index in [4.69, 9.17) is 14.2 Å². The summed E-state index contributed by atoms with van der Waals surface area (Å²) in [7, 11) is 1.18. The van der Waals surface area contributed by atoms with Crippen LogP contribution in [-0.4, -0.2) is 43.3 Å². The number of amides is 2. The van der Waals surface area contributed by atoms with E-state index in [1.807, 2.05) is 0 Å². The van der Waals surface area contributed by atoms with Gasteiger partial charge in [-0.1, -0.05) is 6.07 Å². The summed E-state index contributed by atoms with van der Waals surface area (Å²) in [5.74, 6) is -2.04. The average molecular weight is 482 g/mol. The van der Waals surface area contributed by atoms with E-state index in [0.29, 0.717) is 35.3 Å². The molecule has 0 aliphatic carbocycles. The number of methoxy groups -OCH3 is 1. The summed E-state index contributed by atoms with van der Waals surface area (Å²) >= 11 is 0. The Hall–Kier alpha value is -4.08. The van der Waals surface area contributed by atoms with Gasteiger partial charge in [0.15, 0.2) is 0 Å². The molecule has 0 aromatic heterocycles. The van der Waals surface area contributed by atoms with Gasteiger partial charge in [0.1, 0.15) is 5.60 Å². The highest BCUT2D eigenvalue weighted by atomic mass is 16.6. The number of aryl methyl sites for hydroxylation is 2. The molecule has 1 N–H and O–H groups in total. The molecule has 0 spiro atoms. The SMILES string of the molecule is CCOC(=O)NC(=O)c1cc2c(cc1C(=O)OC)N=Nc1cc(C(=O)OC(C)(C)C)ccc1CC2. The topological polar surface area (TPSA) is 133 Å². The Labute approximate surface area is 202 Å². The molecule has 0 unspecified atom stereocenters. The van der Waals surface area contributed by atoms with Gasteiger partial charge in [-0.25, -0.2) is 14.4 Å². The number of nitrogens with zero attached hydrogens (tertiary/aromatic N) is 2. The molecule has 35 heavy (non-hydrogen) atoms. The van der Waals surface area contributed by atoms with E-state index in [1.165, 1.54) is 19.2 Å². The zero-order valence-electron chi connectivity index (χ0n) is 20.3. The van der Waals surface area contributed by atoms with Crippen molar-refractivity contribution in [3.05, 3.63) is 58.1 Å². The van der Waals surface area contributed by atoms with Crippen molar-refractivity contribution in [2.75, 3.05) is 13.7 Å². The molecule has 1 heterocycles. The van der Waals surface area contributed by atoms with E-state index >= 15 is 0 Å². The lowest BCUT2D eigenvalue weighted by Gasteiger charge is -2.20. The highest BCUT2D eigenvalue weighted by molar-refractivity contribution is 6.10. The molecule has 3 rings (SSSR count). The number of ether oxygens (including phenoxy) is 3. The summed E-state index contributed by atoms with van der Waals surface area (Å²) < 4.78 is 15.0. The third-order valence-corrected chi connectivity index (χ3v) is 5.01. The van der Waals surface area contributed by atoms with Crippen LogP contribution < -0.4 is 5.32 Å². The van der Waals surface area contributed by atoms with Gasteiger partial charge in [0.25, 0.3) is 5.91 Å². The third-order valence-electron chi connectivity index (χ3n) is 5.01. The third kappa shape index (κ3) is 6.28. The Morgan fingerprint density at radius 3 is 2.20 bits per heavy atom. The first-order chi connectivity index (χ1) is 16.5. The molecule has 0 radical (unpaired) electrons. The molecule has 0 saturated heterocycles. The van der Waals surface area contributed by atoms with Crippen LogP contribution in [0.25, 0.3) is 0 Å². The number of fused-ring (bicyclic) bond motifs is 2. The smallest absolute Gasteiger partial charge is 0.414 e. The Bertz CT molecular complexity index is 1210. The number of esters is 2. The van der Waals surface area contributed by atoms with Gasteiger partial charge in [0, 0.05) is 0 Å². The van der Waals surface area contributed by atoms with E-state index in [-0.39, 0.29) is 17.7 Å². The normalized spacial score (nSPS) is 12.4. The Morgan fingerprint density at radius 2 is 1.57 bits per heavy atom. The number of carbonyl (C=O) groups excluding carboxylic acids is 4. The summed E-state index contributed by atoms with van der Waals surface area (Å²) in [6, 6.07) is 7.96. The van der Waals surface area contributed by atoms with Crippen LogP contribution in [0.1, 0.15) is 69.9 Å². The Balaban J connectivity index is 1.99. The number of hydrogen-bond donors (Lipinski definition) is 1. The predicted molar refractivity (Wildman–Crippen MR) is 125 cm³/mol. The first kappa shape index (κ1) is 25.5. The molecular formula is C25H27N3O7. The first-order valence-corrected chi connectivity index (χ1v) is 11.0. The van der Waals surface area contributed by atoms with Crippen molar-refractivity contribution in [3.63, 3.8) is 0 Å². The second-order valence-electron chi connectivity index (χ2n) is 8.74. The minimum absolute atomic E-state index is 0.0417. The fourth-order valence-electron chi connectivity index (χ4n) is 3.43. The van der Waals surface area contributed by atoms with Crippen molar-refractivity contribution in [1.29, 1.82) is 0 Å². The van der Waals surface area contributed by atoms with Crippen LogP contribution >= 0.6 is 0 Å². The lowest BCUT2D eigenvalue weighted by atomic mass is 9.95. The Kier molecular flexibility index (Phi) is 7.63. The minimum atomic E-state index is -0.922. The number of azo groups is 1. The highest BCUT2D eigenvalue weighted by Crippen LogP contribution is 2.33. The van der Waals surface area contributed by atoms with Gasteiger partial charge in [-0.05, 0) is 75.9 Å². The van der Waals surface area contributed by atoms with Crippen LogP contribution in [0.2, 0.25) is 0 Å². The summed E-state index contributed by atoms with van der Waals surface area (Å²) in [4.78, 5) is 49.2. The van der Waals surface area contributed by atoms with Gasteiger partial charge in [-0.15, -0.1) is 0 Å². The van der Waals surface area contributed by atoms with E-state index in [1.54, 1.807) is 45.9 Å². The monoisotopic (exact) mass is 481 g/mol. The molecule has 2 amide bonds. The molecule has 2 aromatic rings. The number of benzene rings is 2. The maximum absolute atomic E-state index is 12.7. The van der Waals surface area contributed by atoms with Gasteiger partial charge >= 0.3 is 18.0 Å². The quantitative estimate of drug-likeness (QED) is 0.488. The molecule has 10 heteroatoms. The van der Waals surface area contributed by atoms with E-state index in [2.05, 4.69) is 15.5 Å². The lowest BCUT2D eigenvalue weighted by molar-refractivity contribution is 0.00691. The van der Waals surface area contributed by atoms with Gasteiger partial charge < -0.3 is 14.2 Å². The Morgan fingerprint density at radius 1 is 0.914 bits per heavy atom. The molecule has 0 fully saturated rings. The summed E-state index contributed by atoms with van der Waals surface area (Å²) in [5.41, 5.74) is 1.96. The largest absolute Gasteiger partial charge is 0.465 e. The molecule has 0 saturated carbocycles. The number of rotatable bonds is 4. The maximum Gasteiger partial charge on any atom is 0.414 e. The zero-order chi connectivity index (χ0) is 25.8. The molecule has 1 aliphatic heterocycles. The van der Waals surface area contributed by atoms with E-state index in [0.717, 1.165) is 5.56 Å². The van der Waals surface area contributed by atoms with Gasteiger partial charge in [-0.3, -0.25) is 10.1 Å². The fraction of sp³-hybridized carbons (Fsp3) is 0.360. The first-order valence-electron chi connectivity index (χ1n) is 11.0. The van der Waals surface area contributed by atoms with Gasteiger partial charge in [-0.2, -0.15) is 10.2 Å². The van der Waals surface area contributed by atoms with E-state index < -0.39 is 29.5 Å². The standard InChI is InChI=1S/C25H27N3O7/c1-6-34-24(32)26-21(29)17-11-15-9-7-14-8-10-16(22(30)35-25(2,3)4)12-19(14)27-28-20(15)13-18(17)23(31)33-5/h8,10-13H,6-7,9H2,1-5H3,(H,26,29,32). The average Bonchev–Trinajstić information content (AvgIpc) is 2.78. The van der Waals surface area contributed by atoms with Crippen molar-refractivity contribution in [1.82, 2.24) is 5.32 Å². The number of nitrogens with one attached hydrogen (secondary N) is 1. The molecule has 10 nitrogen and oxygen atoms in total. The minimum Gasteiger partial charge on any atom is -0.465 e. The van der Waals surface area contributed by atoms with Crippen molar-refractivity contribution in [2.45, 2.75) is 46.1 Å². The number of hydrogen-bond acceptors (Lipinski definition) is 9. The van der Waals surface area contributed by atoms with Crippen molar-refractivity contribution >= 4 is 35.3 Å². The summed E-state index contributed by atoms with van der Waals surface area (Å²) in [6.45, 7) is 7.05. The number of alkyl carbamates (subject to hydrolysis) is 1. The molecular weight excluding hydrogens is 454 g/mol. The fourth-order valence-corrected chi connectivity index (χ4v) is 3.43. The highest BCUT2D eigenvalue weighted by Gasteiger charge is 2.24. The molecule has 0 bridgehead atoms. The van der Waals surface area contributed by atoms with Crippen molar-refractivity contribution in [2.24, 2.45) is 10.2 Å². The predicted octanol–water partition coefficient (Wildman–Crippen LogP) is 4.83. The number of carbonyl (C=O) groups is 4. The molecule has 1 aliphatic rings. The van der Waals surface area contributed by atoms with Crippen molar-refractivity contribution < 1.29 is 33.4 Å². The van der Waals surface area contributed by atoms with Crippen LogP contribution in [0.3, 0.4) is 0 Å². The summed E-state index contributed by atoms with van der Waals surface area (Å²) in [5, 5.41) is 10.7. The summed E-state index contributed by atoms with van der Waals surface area (Å²) in [6.07, 6.45) is 0.0789. The van der Waals surface area contributed by atoms with Gasteiger partial charge in [0.05, 0.1) is 41.8 Å².